The second-order valence-corrected chi connectivity index (χ2v) is 12.3. The van der Waals surface area contributed by atoms with Crippen LogP contribution in [0.15, 0.2) is 54.6 Å². The van der Waals surface area contributed by atoms with E-state index in [9.17, 15) is 9.18 Å². The largest absolute Gasteiger partial charge is 0.489 e. The maximum atomic E-state index is 15.0. The molecule has 3 aromatic rings. The van der Waals surface area contributed by atoms with Crippen molar-refractivity contribution in [3.05, 3.63) is 88.2 Å². The minimum absolute atomic E-state index is 0.0699. The molecule has 3 aromatic carbocycles. The Balaban J connectivity index is 1.44. The molecule has 4 nitrogen and oxygen atoms in total. The lowest BCUT2D eigenvalue weighted by Gasteiger charge is -2.46. The quantitative estimate of drug-likeness (QED) is 0.292. The van der Waals surface area contributed by atoms with Gasteiger partial charge in [0.25, 0.3) is 0 Å². The van der Waals surface area contributed by atoms with Crippen molar-refractivity contribution in [3.63, 3.8) is 0 Å². The van der Waals surface area contributed by atoms with Crippen molar-refractivity contribution in [1.29, 1.82) is 0 Å². The molecule has 3 atom stereocenters. The molecule has 0 saturated heterocycles. The number of hydrogen-bond donors (Lipinski definition) is 0. The van der Waals surface area contributed by atoms with Gasteiger partial charge in [-0.1, -0.05) is 50.6 Å². The van der Waals surface area contributed by atoms with Gasteiger partial charge in [0.2, 0.25) is 0 Å². The number of hydrogen-bond acceptors (Lipinski definition) is 4. The van der Waals surface area contributed by atoms with E-state index in [1.807, 2.05) is 31.2 Å². The van der Waals surface area contributed by atoms with Crippen molar-refractivity contribution in [1.82, 2.24) is 0 Å². The molecule has 0 N–H and O–H groups in total. The number of rotatable bonds is 7. The van der Waals surface area contributed by atoms with Gasteiger partial charge in [0.05, 0.1) is 19.1 Å². The maximum absolute atomic E-state index is 15.0. The number of halogens is 1. The molecule has 5 rings (SSSR count). The SMILES string of the molecule is COC(=O)[C@H]1CC[C@]12CCc1ccc(OCc3ccc(-c4cc(C)ccc4F)c([C@@H](OC)C(C)(C)C)c3)cc12. The van der Waals surface area contributed by atoms with Crippen molar-refractivity contribution in [2.45, 2.75) is 71.5 Å². The van der Waals surface area contributed by atoms with Gasteiger partial charge in [-0.3, -0.25) is 4.79 Å². The number of benzene rings is 3. The van der Waals surface area contributed by atoms with E-state index in [1.54, 1.807) is 13.2 Å². The zero-order valence-electron chi connectivity index (χ0n) is 23.9. The summed E-state index contributed by atoms with van der Waals surface area (Å²) in [6.45, 7) is 8.73. The number of carbonyl (C=O) groups is 1. The molecule has 0 aliphatic heterocycles. The van der Waals surface area contributed by atoms with Crippen molar-refractivity contribution < 1.29 is 23.4 Å². The second kappa shape index (κ2) is 10.4. The standard InChI is InChI=1S/C34H39FO4/c1-21-7-12-30(35)26(17-21)25-11-8-22(18-27(25)31(37-5)33(2,3)4)20-39-24-10-9-23-13-15-34(29(23)19-24)16-14-28(34)32(36)38-6/h7-12,17-19,28,31H,13-16,20H2,1-6H3/t28-,31-,34-/m1/s1. The lowest BCUT2D eigenvalue weighted by atomic mass is 9.57. The monoisotopic (exact) mass is 530 g/mol. The van der Waals surface area contributed by atoms with Crippen molar-refractivity contribution in [2.75, 3.05) is 14.2 Å². The predicted molar refractivity (Wildman–Crippen MR) is 151 cm³/mol. The van der Waals surface area contributed by atoms with Crippen LogP contribution in [0.5, 0.6) is 5.75 Å². The highest BCUT2D eigenvalue weighted by molar-refractivity contribution is 5.77. The summed E-state index contributed by atoms with van der Waals surface area (Å²) < 4.78 is 32.4. The molecule has 1 spiro atoms. The van der Waals surface area contributed by atoms with Crippen LogP contribution in [0.4, 0.5) is 4.39 Å². The van der Waals surface area contributed by atoms with Crippen LogP contribution in [0.2, 0.25) is 0 Å². The van der Waals surface area contributed by atoms with Gasteiger partial charge in [-0.15, -0.1) is 0 Å². The van der Waals surface area contributed by atoms with E-state index in [0.29, 0.717) is 12.2 Å². The Labute approximate surface area is 231 Å². The van der Waals surface area contributed by atoms with Crippen LogP contribution in [0.25, 0.3) is 11.1 Å². The number of aryl methyl sites for hydroxylation is 2. The molecule has 0 heterocycles. The summed E-state index contributed by atoms with van der Waals surface area (Å²) in [6, 6.07) is 17.6. The van der Waals surface area contributed by atoms with Crippen LogP contribution in [0.3, 0.4) is 0 Å². The Morgan fingerprint density at radius 2 is 1.82 bits per heavy atom. The van der Waals surface area contributed by atoms with Gasteiger partial charge in [0, 0.05) is 18.1 Å². The van der Waals surface area contributed by atoms with Gasteiger partial charge >= 0.3 is 5.97 Å². The molecule has 0 amide bonds. The molecule has 206 valence electrons. The molecule has 1 saturated carbocycles. The second-order valence-electron chi connectivity index (χ2n) is 12.3. The fraction of sp³-hybridized carbons (Fsp3) is 0.441. The highest BCUT2D eigenvalue weighted by atomic mass is 19.1. The summed E-state index contributed by atoms with van der Waals surface area (Å²) in [5.74, 6) is 0.368. The zero-order chi connectivity index (χ0) is 27.9. The van der Waals surface area contributed by atoms with Crippen LogP contribution in [-0.4, -0.2) is 20.2 Å². The average molecular weight is 531 g/mol. The lowest BCUT2D eigenvalue weighted by Crippen LogP contribution is -2.47. The highest BCUT2D eigenvalue weighted by Gasteiger charge is 2.55. The fourth-order valence-corrected chi connectivity index (χ4v) is 6.69. The average Bonchev–Trinajstić information content (AvgIpc) is 3.29. The van der Waals surface area contributed by atoms with Gasteiger partial charge in [-0.25, -0.2) is 4.39 Å². The topological polar surface area (TPSA) is 44.8 Å². The number of esters is 1. The molecule has 5 heteroatoms. The third-order valence-electron chi connectivity index (χ3n) is 8.73. The highest BCUT2D eigenvalue weighted by Crippen LogP contribution is 2.57. The van der Waals surface area contributed by atoms with Crippen LogP contribution >= 0.6 is 0 Å². The van der Waals surface area contributed by atoms with E-state index in [-0.39, 0.29) is 34.6 Å². The van der Waals surface area contributed by atoms with Gasteiger partial charge in [-0.2, -0.15) is 0 Å². The summed E-state index contributed by atoms with van der Waals surface area (Å²) in [6.07, 6.45) is 3.61. The molecule has 0 aromatic heterocycles. The first-order valence-electron chi connectivity index (χ1n) is 13.8. The molecular formula is C34H39FO4. The van der Waals surface area contributed by atoms with Crippen LogP contribution in [0.1, 0.15) is 74.0 Å². The Kier molecular flexibility index (Phi) is 7.32. The summed E-state index contributed by atoms with van der Waals surface area (Å²) in [5.41, 5.74) is 6.57. The van der Waals surface area contributed by atoms with E-state index < -0.39 is 0 Å². The normalized spacial score (nSPS) is 20.8. The molecule has 0 bridgehead atoms. The van der Waals surface area contributed by atoms with E-state index in [4.69, 9.17) is 14.2 Å². The van der Waals surface area contributed by atoms with Crippen molar-refractivity contribution in [2.24, 2.45) is 11.3 Å². The third-order valence-corrected chi connectivity index (χ3v) is 8.73. The third kappa shape index (κ3) is 4.98. The number of methoxy groups -OCH3 is 2. The molecule has 0 unspecified atom stereocenters. The zero-order valence-corrected chi connectivity index (χ0v) is 23.9. The van der Waals surface area contributed by atoms with E-state index >= 15 is 0 Å². The summed E-state index contributed by atoms with van der Waals surface area (Å²) in [7, 11) is 3.18. The fourth-order valence-electron chi connectivity index (χ4n) is 6.69. The van der Waals surface area contributed by atoms with Crippen LogP contribution < -0.4 is 4.74 Å². The first-order valence-corrected chi connectivity index (χ1v) is 13.8. The lowest BCUT2D eigenvalue weighted by molar-refractivity contribution is -0.153. The van der Waals surface area contributed by atoms with Gasteiger partial charge in [-0.05, 0) is 96.2 Å². The number of carbonyl (C=O) groups excluding carboxylic acids is 1. The molecular weight excluding hydrogens is 491 g/mol. The van der Waals surface area contributed by atoms with Crippen molar-refractivity contribution in [3.8, 4) is 16.9 Å². The summed E-state index contributed by atoms with van der Waals surface area (Å²) in [5, 5.41) is 0. The smallest absolute Gasteiger partial charge is 0.309 e. The van der Waals surface area contributed by atoms with E-state index in [0.717, 1.165) is 53.7 Å². The first-order chi connectivity index (χ1) is 18.6. The first kappa shape index (κ1) is 27.4. The summed E-state index contributed by atoms with van der Waals surface area (Å²) in [4.78, 5) is 12.4. The Morgan fingerprint density at radius 3 is 2.49 bits per heavy atom. The van der Waals surface area contributed by atoms with Crippen LogP contribution in [0, 0.1) is 24.1 Å². The Morgan fingerprint density at radius 1 is 1.03 bits per heavy atom. The van der Waals surface area contributed by atoms with E-state index in [2.05, 4.69) is 39.0 Å². The van der Waals surface area contributed by atoms with Gasteiger partial charge in [0.15, 0.2) is 0 Å². The van der Waals surface area contributed by atoms with Crippen molar-refractivity contribution >= 4 is 5.97 Å². The minimum atomic E-state index is -0.247. The Hall–Kier alpha value is -3.18. The molecule has 1 fully saturated rings. The maximum Gasteiger partial charge on any atom is 0.309 e. The minimum Gasteiger partial charge on any atom is -0.489 e. The van der Waals surface area contributed by atoms with E-state index in [1.165, 1.54) is 24.3 Å². The van der Waals surface area contributed by atoms with Gasteiger partial charge < -0.3 is 14.2 Å². The molecule has 2 aliphatic rings. The molecule has 2 aliphatic carbocycles. The Bertz CT molecular complexity index is 1390. The predicted octanol–water partition coefficient (Wildman–Crippen LogP) is 7.88. The van der Waals surface area contributed by atoms with Crippen LogP contribution in [-0.2, 0) is 32.7 Å². The molecule has 39 heavy (non-hydrogen) atoms. The molecule has 0 radical (unpaired) electrons. The number of ether oxygens (including phenoxy) is 3. The number of fused-ring (bicyclic) bond motifs is 2. The van der Waals surface area contributed by atoms with Gasteiger partial charge in [0.1, 0.15) is 18.2 Å². The summed E-state index contributed by atoms with van der Waals surface area (Å²) >= 11 is 0.